The van der Waals surface area contributed by atoms with Crippen molar-refractivity contribution >= 4 is 12.0 Å². The second-order valence-electron chi connectivity index (χ2n) is 6.98. The highest BCUT2D eigenvalue weighted by Gasteiger charge is 2.23. The van der Waals surface area contributed by atoms with Gasteiger partial charge in [-0.2, -0.15) is 4.98 Å². The number of carbonyl (C=O) groups is 2. The average Bonchev–Trinajstić information content (AvgIpc) is 3.25. The van der Waals surface area contributed by atoms with Crippen LogP contribution in [0.4, 0.5) is 4.79 Å². The third kappa shape index (κ3) is 5.33. The minimum absolute atomic E-state index is 0.0340. The Balaban J connectivity index is 1.54. The van der Waals surface area contributed by atoms with Crippen LogP contribution in [-0.2, 0) is 11.3 Å². The number of likely N-dealkylation sites (tertiary alicyclic amines) is 1. The molecule has 0 unspecified atom stereocenters. The zero-order chi connectivity index (χ0) is 21.5. The van der Waals surface area contributed by atoms with Gasteiger partial charge in [-0.15, -0.1) is 0 Å². The van der Waals surface area contributed by atoms with E-state index in [0.717, 1.165) is 0 Å². The summed E-state index contributed by atoms with van der Waals surface area (Å²) in [5.41, 5.74) is 1.20. The van der Waals surface area contributed by atoms with Crippen molar-refractivity contribution in [3.63, 3.8) is 0 Å². The van der Waals surface area contributed by atoms with Crippen molar-refractivity contribution in [3.05, 3.63) is 35.7 Å². The van der Waals surface area contributed by atoms with Crippen molar-refractivity contribution in [3.8, 4) is 11.5 Å². The van der Waals surface area contributed by atoms with Gasteiger partial charge in [0.1, 0.15) is 6.61 Å². The molecule has 1 aromatic carbocycles. The third-order valence-electron chi connectivity index (χ3n) is 5.05. The number of benzene rings is 1. The van der Waals surface area contributed by atoms with E-state index in [1.807, 2.05) is 6.92 Å². The molecule has 0 radical (unpaired) electrons. The molecule has 1 aromatic heterocycles. The van der Waals surface area contributed by atoms with Crippen LogP contribution in [0.25, 0.3) is 11.5 Å². The molecule has 1 fully saturated rings. The smallest absolute Gasteiger partial charge is 0.407 e. The molecule has 1 saturated heterocycles. The first-order valence-corrected chi connectivity index (χ1v) is 9.94. The van der Waals surface area contributed by atoms with Gasteiger partial charge in [0.15, 0.2) is 5.82 Å². The number of hydrogen-bond acceptors (Lipinski definition) is 7. The highest BCUT2D eigenvalue weighted by Crippen LogP contribution is 2.20. The summed E-state index contributed by atoms with van der Waals surface area (Å²) in [6.07, 6.45) is 0.336. The van der Waals surface area contributed by atoms with E-state index in [1.165, 1.54) is 4.90 Å². The van der Waals surface area contributed by atoms with Gasteiger partial charge in [0.2, 0.25) is 0 Å². The first kappa shape index (κ1) is 21.7. The summed E-state index contributed by atoms with van der Waals surface area (Å²) in [7, 11) is 0. The molecule has 0 aliphatic carbocycles. The SMILES string of the molecule is CCN(CCO)C(=O)c1ccc(-c2nc(COC3CCN(C(=O)O)CC3)no2)cc1. The molecule has 0 bridgehead atoms. The van der Waals surface area contributed by atoms with Crippen molar-refractivity contribution in [2.24, 2.45) is 0 Å². The molecule has 2 N–H and O–H groups in total. The summed E-state index contributed by atoms with van der Waals surface area (Å²) in [5, 5.41) is 22.0. The summed E-state index contributed by atoms with van der Waals surface area (Å²) in [4.78, 5) is 30.6. The van der Waals surface area contributed by atoms with Gasteiger partial charge in [0.05, 0.1) is 12.7 Å². The van der Waals surface area contributed by atoms with E-state index in [9.17, 15) is 9.59 Å². The van der Waals surface area contributed by atoms with Crippen LogP contribution in [0, 0.1) is 0 Å². The summed E-state index contributed by atoms with van der Waals surface area (Å²) in [6.45, 7) is 3.68. The molecule has 2 aromatic rings. The number of likely N-dealkylation sites (N-methyl/N-ethyl adjacent to an activating group) is 1. The molecular weight excluding hydrogens is 392 g/mol. The standard InChI is InChI=1S/C20H26N4O6/c1-2-23(11-12-25)19(26)15-5-3-14(4-6-15)18-21-17(22-30-18)13-29-16-7-9-24(10-8-16)20(27)28/h3-6,16,25H,2,7-13H2,1H3,(H,27,28). The Hall–Kier alpha value is -2.98. The van der Waals surface area contributed by atoms with Crippen LogP contribution in [0.2, 0.25) is 0 Å². The Morgan fingerprint density at radius 2 is 1.97 bits per heavy atom. The van der Waals surface area contributed by atoms with Crippen LogP contribution >= 0.6 is 0 Å². The van der Waals surface area contributed by atoms with Crippen molar-refractivity contribution in [1.29, 1.82) is 0 Å². The normalized spacial score (nSPS) is 14.7. The molecule has 0 atom stereocenters. The summed E-state index contributed by atoms with van der Waals surface area (Å²) < 4.78 is 11.1. The van der Waals surface area contributed by atoms with E-state index >= 15 is 0 Å². The second kappa shape index (κ2) is 10.2. The predicted molar refractivity (Wildman–Crippen MR) is 106 cm³/mol. The summed E-state index contributed by atoms with van der Waals surface area (Å²) >= 11 is 0. The molecule has 10 heteroatoms. The van der Waals surface area contributed by atoms with Gasteiger partial charge in [-0.25, -0.2) is 4.79 Å². The number of aromatic nitrogens is 2. The number of ether oxygens (including phenoxy) is 1. The van der Waals surface area contributed by atoms with E-state index in [2.05, 4.69) is 10.1 Å². The van der Waals surface area contributed by atoms with E-state index < -0.39 is 6.09 Å². The summed E-state index contributed by atoms with van der Waals surface area (Å²) in [6, 6.07) is 6.85. The van der Waals surface area contributed by atoms with Crippen molar-refractivity contribution in [1.82, 2.24) is 19.9 Å². The number of carbonyl (C=O) groups excluding carboxylic acids is 1. The second-order valence-corrected chi connectivity index (χ2v) is 6.98. The Bertz CT molecular complexity index is 845. The lowest BCUT2D eigenvalue weighted by Gasteiger charge is -2.29. The van der Waals surface area contributed by atoms with Gasteiger partial charge in [0, 0.05) is 37.3 Å². The molecule has 2 amide bonds. The van der Waals surface area contributed by atoms with Crippen LogP contribution in [0.5, 0.6) is 0 Å². The van der Waals surface area contributed by atoms with E-state index in [0.29, 0.717) is 61.9 Å². The maximum Gasteiger partial charge on any atom is 0.407 e. The van der Waals surface area contributed by atoms with Crippen molar-refractivity contribution < 1.29 is 29.1 Å². The maximum atomic E-state index is 12.4. The minimum atomic E-state index is -0.903. The first-order valence-electron chi connectivity index (χ1n) is 9.94. The molecule has 2 heterocycles. The van der Waals surface area contributed by atoms with Crippen LogP contribution in [0.15, 0.2) is 28.8 Å². The largest absolute Gasteiger partial charge is 0.465 e. The van der Waals surface area contributed by atoms with Gasteiger partial charge in [-0.05, 0) is 44.0 Å². The molecule has 162 valence electrons. The zero-order valence-electron chi connectivity index (χ0n) is 16.9. The van der Waals surface area contributed by atoms with Gasteiger partial charge in [0.25, 0.3) is 11.8 Å². The fourth-order valence-electron chi connectivity index (χ4n) is 3.30. The lowest BCUT2D eigenvalue weighted by Crippen LogP contribution is -2.40. The minimum Gasteiger partial charge on any atom is -0.465 e. The Morgan fingerprint density at radius 3 is 2.57 bits per heavy atom. The van der Waals surface area contributed by atoms with Gasteiger partial charge in [-0.1, -0.05) is 5.16 Å². The number of carboxylic acid groups (broad SMARTS) is 1. The lowest BCUT2D eigenvalue weighted by atomic mass is 10.1. The van der Waals surface area contributed by atoms with E-state index in [1.54, 1.807) is 29.2 Å². The molecule has 0 spiro atoms. The average molecular weight is 418 g/mol. The Morgan fingerprint density at radius 1 is 1.27 bits per heavy atom. The predicted octanol–water partition coefficient (Wildman–Crippen LogP) is 1.85. The zero-order valence-corrected chi connectivity index (χ0v) is 16.9. The van der Waals surface area contributed by atoms with Crippen molar-refractivity contribution in [2.75, 3.05) is 32.8 Å². The number of amides is 2. The lowest BCUT2D eigenvalue weighted by molar-refractivity contribution is -0.00295. The quantitative estimate of drug-likeness (QED) is 0.664. The molecule has 1 aliphatic heterocycles. The molecule has 1 aliphatic rings. The molecule has 30 heavy (non-hydrogen) atoms. The molecule has 3 rings (SSSR count). The number of hydrogen-bond donors (Lipinski definition) is 2. The number of piperidine rings is 1. The number of rotatable bonds is 8. The monoisotopic (exact) mass is 418 g/mol. The Kier molecular flexibility index (Phi) is 7.36. The Labute approximate surface area is 174 Å². The van der Waals surface area contributed by atoms with E-state index in [4.69, 9.17) is 19.5 Å². The molecule has 0 saturated carbocycles. The fourth-order valence-corrected chi connectivity index (χ4v) is 3.30. The van der Waals surface area contributed by atoms with Gasteiger partial charge < -0.3 is 29.3 Å². The molecule has 10 nitrogen and oxygen atoms in total. The highest BCUT2D eigenvalue weighted by atomic mass is 16.5. The topological polar surface area (TPSA) is 129 Å². The van der Waals surface area contributed by atoms with Gasteiger partial charge in [-0.3, -0.25) is 4.79 Å². The maximum absolute atomic E-state index is 12.4. The first-order chi connectivity index (χ1) is 14.5. The van der Waals surface area contributed by atoms with Gasteiger partial charge >= 0.3 is 6.09 Å². The van der Waals surface area contributed by atoms with Crippen LogP contribution in [0.3, 0.4) is 0 Å². The van der Waals surface area contributed by atoms with Crippen LogP contribution in [0.1, 0.15) is 35.9 Å². The molecular formula is C20H26N4O6. The number of aliphatic hydroxyl groups excluding tert-OH is 1. The third-order valence-corrected chi connectivity index (χ3v) is 5.05. The highest BCUT2D eigenvalue weighted by molar-refractivity contribution is 5.94. The van der Waals surface area contributed by atoms with Crippen LogP contribution in [-0.4, -0.2) is 81.0 Å². The summed E-state index contributed by atoms with van der Waals surface area (Å²) in [5.74, 6) is 0.591. The number of aliphatic hydroxyl groups is 1. The van der Waals surface area contributed by atoms with E-state index in [-0.39, 0.29) is 25.2 Å². The number of nitrogens with zero attached hydrogens (tertiary/aromatic N) is 4. The fraction of sp³-hybridized carbons (Fsp3) is 0.500. The van der Waals surface area contributed by atoms with Crippen LogP contribution < -0.4 is 0 Å². The van der Waals surface area contributed by atoms with Crippen molar-refractivity contribution in [2.45, 2.75) is 32.5 Å².